The monoisotopic (exact) mass is 279 g/mol. The van der Waals surface area contributed by atoms with Gasteiger partial charge in [0.15, 0.2) is 0 Å². The molecule has 3 fully saturated rings. The number of nitrogens with zero attached hydrogens (tertiary/aromatic N) is 2. The van der Waals surface area contributed by atoms with Crippen molar-refractivity contribution in [3.63, 3.8) is 0 Å². The van der Waals surface area contributed by atoms with Crippen LogP contribution in [0.15, 0.2) is 24.3 Å². The average molecular weight is 279 g/mol. The molecule has 0 radical (unpaired) electrons. The van der Waals surface area contributed by atoms with E-state index in [1.165, 1.54) is 24.9 Å². The molecule has 3 heteroatoms. The molecule has 2 bridgehead atoms. The molecule has 0 aromatic heterocycles. The standard InChI is InChI=1S/C18H21N3/c1-2-16-13-21-7-6-17(16)9-18(21)12-20-11-15-5-3-4-14(8-15)10-19/h1,3-5,8,16-18,20H,6-7,9,11-13H2/t16-,17+,18-/m1/s1. The molecule has 21 heavy (non-hydrogen) atoms. The summed E-state index contributed by atoms with van der Waals surface area (Å²) >= 11 is 0. The highest BCUT2D eigenvalue weighted by atomic mass is 15.2. The Hall–Kier alpha value is -1.81. The Morgan fingerprint density at radius 2 is 2.33 bits per heavy atom. The number of nitrogens with one attached hydrogen (secondary N) is 1. The normalized spacial score (nSPS) is 30.6. The van der Waals surface area contributed by atoms with Gasteiger partial charge in [-0.05, 0) is 43.0 Å². The van der Waals surface area contributed by atoms with Gasteiger partial charge in [-0.15, -0.1) is 12.3 Å². The van der Waals surface area contributed by atoms with Crippen LogP contribution in [0.4, 0.5) is 0 Å². The van der Waals surface area contributed by atoms with E-state index in [4.69, 9.17) is 11.7 Å². The maximum absolute atomic E-state index is 8.92. The summed E-state index contributed by atoms with van der Waals surface area (Å²) in [4.78, 5) is 2.54. The zero-order valence-corrected chi connectivity index (χ0v) is 12.3. The maximum atomic E-state index is 8.92. The van der Waals surface area contributed by atoms with Gasteiger partial charge in [-0.1, -0.05) is 12.1 Å². The number of hydrogen-bond donors (Lipinski definition) is 1. The maximum Gasteiger partial charge on any atom is 0.0991 e. The highest BCUT2D eigenvalue weighted by Crippen LogP contribution is 2.35. The van der Waals surface area contributed by atoms with Crippen molar-refractivity contribution in [2.75, 3.05) is 19.6 Å². The molecule has 1 N–H and O–H groups in total. The van der Waals surface area contributed by atoms with Crippen molar-refractivity contribution in [2.24, 2.45) is 11.8 Å². The first kappa shape index (κ1) is 14.1. The smallest absolute Gasteiger partial charge is 0.0991 e. The highest BCUT2D eigenvalue weighted by molar-refractivity contribution is 5.32. The Labute approximate surface area is 127 Å². The lowest BCUT2D eigenvalue weighted by Crippen LogP contribution is -2.55. The SMILES string of the molecule is C#C[C@@H]1CN2CC[C@H]1C[C@@H]2CNCc1cccc(C#N)c1. The number of nitriles is 1. The largest absolute Gasteiger partial charge is 0.311 e. The van der Waals surface area contributed by atoms with Crippen molar-refractivity contribution in [3.05, 3.63) is 35.4 Å². The molecule has 0 aliphatic carbocycles. The summed E-state index contributed by atoms with van der Waals surface area (Å²) in [5.41, 5.74) is 1.90. The molecule has 3 aliphatic heterocycles. The van der Waals surface area contributed by atoms with Gasteiger partial charge in [-0.25, -0.2) is 0 Å². The molecule has 3 aliphatic rings. The Morgan fingerprint density at radius 3 is 3.05 bits per heavy atom. The summed E-state index contributed by atoms with van der Waals surface area (Å²) in [7, 11) is 0. The summed E-state index contributed by atoms with van der Waals surface area (Å²) in [6, 6.07) is 10.6. The van der Waals surface area contributed by atoms with Crippen LogP contribution in [0, 0.1) is 35.5 Å². The lowest BCUT2D eigenvalue weighted by atomic mass is 9.76. The Bertz CT molecular complexity index is 581. The number of fused-ring (bicyclic) bond motifs is 3. The topological polar surface area (TPSA) is 39.1 Å². The molecule has 3 nitrogen and oxygen atoms in total. The van der Waals surface area contributed by atoms with Crippen LogP contribution in [0.5, 0.6) is 0 Å². The van der Waals surface area contributed by atoms with Crippen LogP contribution >= 0.6 is 0 Å². The quantitative estimate of drug-likeness (QED) is 0.857. The molecule has 4 atom stereocenters. The molecule has 3 saturated heterocycles. The summed E-state index contributed by atoms with van der Waals surface area (Å²) in [5, 5.41) is 12.5. The van der Waals surface area contributed by atoms with E-state index in [0.29, 0.717) is 17.9 Å². The number of piperidine rings is 3. The molecule has 1 aromatic rings. The van der Waals surface area contributed by atoms with E-state index in [2.05, 4.69) is 28.3 Å². The molecular formula is C18H21N3. The lowest BCUT2D eigenvalue weighted by molar-refractivity contribution is 0.0227. The van der Waals surface area contributed by atoms with Gasteiger partial charge in [0.25, 0.3) is 0 Å². The van der Waals surface area contributed by atoms with Gasteiger partial charge < -0.3 is 5.32 Å². The number of benzene rings is 1. The van der Waals surface area contributed by atoms with Crippen LogP contribution in [0.1, 0.15) is 24.0 Å². The van der Waals surface area contributed by atoms with E-state index < -0.39 is 0 Å². The van der Waals surface area contributed by atoms with Gasteiger partial charge in [-0.3, -0.25) is 4.90 Å². The summed E-state index contributed by atoms with van der Waals surface area (Å²) in [6.45, 7) is 4.09. The van der Waals surface area contributed by atoms with Crippen LogP contribution in [0.3, 0.4) is 0 Å². The Kier molecular flexibility index (Phi) is 4.25. The van der Waals surface area contributed by atoms with Crippen molar-refractivity contribution in [3.8, 4) is 18.4 Å². The molecule has 4 rings (SSSR count). The average Bonchev–Trinajstić information content (AvgIpc) is 2.55. The van der Waals surface area contributed by atoms with Crippen LogP contribution < -0.4 is 5.32 Å². The van der Waals surface area contributed by atoms with Gasteiger partial charge in [0.2, 0.25) is 0 Å². The first-order chi connectivity index (χ1) is 10.3. The van der Waals surface area contributed by atoms with E-state index in [-0.39, 0.29) is 0 Å². The predicted molar refractivity (Wildman–Crippen MR) is 83.3 cm³/mol. The van der Waals surface area contributed by atoms with E-state index in [0.717, 1.165) is 25.2 Å². The second kappa shape index (κ2) is 6.31. The fourth-order valence-electron chi connectivity index (χ4n) is 3.67. The number of rotatable bonds is 4. The fourth-order valence-corrected chi connectivity index (χ4v) is 3.67. The molecule has 108 valence electrons. The number of hydrogen-bond acceptors (Lipinski definition) is 3. The minimum atomic E-state index is 0.460. The Morgan fingerprint density at radius 1 is 1.43 bits per heavy atom. The highest BCUT2D eigenvalue weighted by Gasteiger charge is 2.38. The van der Waals surface area contributed by atoms with Gasteiger partial charge in [-0.2, -0.15) is 5.26 Å². The minimum Gasteiger partial charge on any atom is -0.311 e. The number of terminal acetylenes is 1. The fraction of sp³-hybridized carbons (Fsp3) is 0.500. The summed E-state index contributed by atoms with van der Waals surface area (Å²) < 4.78 is 0. The van der Waals surface area contributed by atoms with Gasteiger partial charge >= 0.3 is 0 Å². The van der Waals surface area contributed by atoms with Crippen LogP contribution in [0.2, 0.25) is 0 Å². The third-order valence-electron chi connectivity index (χ3n) is 4.86. The van der Waals surface area contributed by atoms with Crippen molar-refractivity contribution >= 4 is 0 Å². The van der Waals surface area contributed by atoms with Crippen molar-refractivity contribution in [1.29, 1.82) is 5.26 Å². The van der Waals surface area contributed by atoms with Crippen LogP contribution in [0.25, 0.3) is 0 Å². The molecule has 1 aromatic carbocycles. The minimum absolute atomic E-state index is 0.460. The van der Waals surface area contributed by atoms with Gasteiger partial charge in [0.1, 0.15) is 0 Å². The lowest BCUT2D eigenvalue weighted by Gasteiger charge is -2.48. The van der Waals surface area contributed by atoms with Crippen molar-refractivity contribution < 1.29 is 0 Å². The molecule has 3 heterocycles. The first-order valence-corrected chi connectivity index (χ1v) is 7.70. The van der Waals surface area contributed by atoms with E-state index in [1.54, 1.807) is 0 Å². The molecule has 0 amide bonds. The summed E-state index contributed by atoms with van der Waals surface area (Å²) in [6.07, 6.45) is 8.10. The molecule has 0 spiro atoms. The zero-order chi connectivity index (χ0) is 14.7. The third kappa shape index (κ3) is 3.10. The Balaban J connectivity index is 1.50. The second-order valence-corrected chi connectivity index (χ2v) is 6.15. The van der Waals surface area contributed by atoms with E-state index in [1.807, 2.05) is 18.2 Å². The summed E-state index contributed by atoms with van der Waals surface area (Å²) in [5.74, 6) is 4.13. The van der Waals surface area contributed by atoms with Gasteiger partial charge in [0, 0.05) is 31.6 Å². The van der Waals surface area contributed by atoms with Crippen LogP contribution in [-0.4, -0.2) is 30.6 Å². The third-order valence-corrected chi connectivity index (χ3v) is 4.86. The zero-order valence-electron chi connectivity index (χ0n) is 12.3. The second-order valence-electron chi connectivity index (χ2n) is 6.15. The predicted octanol–water partition coefficient (Wildman–Crippen LogP) is 1.99. The van der Waals surface area contributed by atoms with Crippen LogP contribution in [-0.2, 0) is 6.54 Å². The van der Waals surface area contributed by atoms with E-state index >= 15 is 0 Å². The van der Waals surface area contributed by atoms with E-state index in [9.17, 15) is 0 Å². The molecule has 0 saturated carbocycles. The van der Waals surface area contributed by atoms with Gasteiger partial charge in [0.05, 0.1) is 11.6 Å². The van der Waals surface area contributed by atoms with Crippen molar-refractivity contribution in [1.82, 2.24) is 10.2 Å². The molecular weight excluding hydrogens is 258 g/mol. The molecule has 1 unspecified atom stereocenters. The first-order valence-electron chi connectivity index (χ1n) is 7.70. The van der Waals surface area contributed by atoms with Crippen molar-refractivity contribution in [2.45, 2.75) is 25.4 Å².